The zero-order chi connectivity index (χ0) is 30.9. The Morgan fingerprint density at radius 3 is 1.41 bits per heavy atom. The molecule has 0 saturated carbocycles. The Morgan fingerprint density at radius 2 is 0.870 bits per heavy atom. The van der Waals surface area contributed by atoms with Gasteiger partial charge in [0.2, 0.25) is 0 Å². The Labute approximate surface area is 270 Å². The van der Waals surface area contributed by atoms with Crippen LogP contribution in [-0.4, -0.2) is 12.6 Å². The van der Waals surface area contributed by atoms with Crippen LogP contribution in [0.25, 0.3) is 27.5 Å². The van der Waals surface area contributed by atoms with Crippen LogP contribution in [0.2, 0.25) is 0 Å². The molecule has 0 spiro atoms. The van der Waals surface area contributed by atoms with Crippen LogP contribution in [-0.2, 0) is 0 Å². The van der Waals surface area contributed by atoms with E-state index in [1.807, 2.05) is 12.1 Å². The highest BCUT2D eigenvalue weighted by atomic mass is 28.3. The average Bonchev–Trinajstić information content (AvgIpc) is 3.44. The molecule has 0 N–H and O–H groups in total. The van der Waals surface area contributed by atoms with Crippen molar-refractivity contribution in [2.75, 3.05) is 0 Å². The van der Waals surface area contributed by atoms with Crippen LogP contribution in [0.1, 0.15) is 5.56 Å². The van der Waals surface area contributed by atoms with Crippen LogP contribution in [0.3, 0.4) is 0 Å². The molecule has 8 rings (SSSR count). The van der Waals surface area contributed by atoms with E-state index in [1.54, 1.807) is 0 Å². The van der Waals surface area contributed by atoms with Crippen LogP contribution in [0, 0.1) is 6.92 Å². The lowest BCUT2D eigenvalue weighted by Gasteiger charge is -2.34. The molecule has 46 heavy (non-hydrogen) atoms. The molecular formula is C43H33NOSi. The van der Waals surface area contributed by atoms with E-state index in [4.69, 9.17) is 4.74 Å². The van der Waals surface area contributed by atoms with Gasteiger partial charge in [0.05, 0.1) is 11.0 Å². The maximum Gasteiger partial charge on any atom is 0.179 e. The van der Waals surface area contributed by atoms with Crippen LogP contribution in [0.4, 0.5) is 0 Å². The highest BCUT2D eigenvalue weighted by Gasteiger charge is 2.41. The van der Waals surface area contributed by atoms with Gasteiger partial charge in [0, 0.05) is 16.5 Å². The van der Waals surface area contributed by atoms with E-state index in [1.165, 1.54) is 42.6 Å². The number of para-hydroxylation sites is 1. The van der Waals surface area contributed by atoms with Crippen molar-refractivity contribution >= 4 is 50.6 Å². The van der Waals surface area contributed by atoms with Gasteiger partial charge < -0.3 is 9.30 Å². The Kier molecular flexibility index (Phi) is 7.09. The number of aromatic nitrogens is 1. The largest absolute Gasteiger partial charge is 0.457 e. The first-order valence-electron chi connectivity index (χ1n) is 15.8. The van der Waals surface area contributed by atoms with Gasteiger partial charge in [0.15, 0.2) is 8.07 Å². The fourth-order valence-electron chi connectivity index (χ4n) is 6.96. The molecule has 0 fully saturated rings. The van der Waals surface area contributed by atoms with Crippen LogP contribution < -0.4 is 25.5 Å². The third kappa shape index (κ3) is 4.73. The van der Waals surface area contributed by atoms with Crippen molar-refractivity contribution in [3.63, 3.8) is 0 Å². The Bertz CT molecular complexity index is 2160. The highest BCUT2D eigenvalue weighted by molar-refractivity contribution is 7.20. The summed E-state index contributed by atoms with van der Waals surface area (Å²) in [5.41, 5.74) is 4.68. The Hall–Kier alpha value is -5.64. The number of nitrogens with zero attached hydrogens (tertiary/aromatic N) is 1. The van der Waals surface area contributed by atoms with E-state index in [-0.39, 0.29) is 0 Å². The van der Waals surface area contributed by atoms with Gasteiger partial charge in [0.25, 0.3) is 0 Å². The molecule has 0 amide bonds. The van der Waals surface area contributed by atoms with Crippen molar-refractivity contribution < 1.29 is 4.74 Å². The highest BCUT2D eigenvalue weighted by Crippen LogP contribution is 2.35. The Balaban J connectivity index is 1.43. The van der Waals surface area contributed by atoms with E-state index >= 15 is 0 Å². The molecule has 0 aliphatic heterocycles. The van der Waals surface area contributed by atoms with Gasteiger partial charge in [-0.1, -0.05) is 139 Å². The number of benzene rings is 7. The monoisotopic (exact) mass is 607 g/mol. The number of hydrogen-bond donors (Lipinski definition) is 0. The molecule has 1 heterocycles. The fraction of sp³-hybridized carbons (Fsp3) is 0.0233. The molecule has 0 aliphatic carbocycles. The number of aryl methyl sites for hydroxylation is 1. The van der Waals surface area contributed by atoms with Crippen molar-refractivity contribution in [3.8, 4) is 17.2 Å². The van der Waals surface area contributed by atoms with Gasteiger partial charge in [-0.15, -0.1) is 0 Å². The van der Waals surface area contributed by atoms with Gasteiger partial charge in [-0.25, -0.2) is 0 Å². The number of hydrogen-bond acceptors (Lipinski definition) is 1. The van der Waals surface area contributed by atoms with E-state index in [0.29, 0.717) is 0 Å². The van der Waals surface area contributed by atoms with Crippen LogP contribution in [0.15, 0.2) is 182 Å². The molecule has 0 aliphatic rings. The van der Waals surface area contributed by atoms with Crippen molar-refractivity contribution in [3.05, 3.63) is 188 Å². The molecule has 0 bridgehead atoms. The molecule has 0 saturated heterocycles. The lowest BCUT2D eigenvalue weighted by Crippen LogP contribution is -2.74. The number of fused-ring (bicyclic) bond motifs is 3. The predicted molar refractivity (Wildman–Crippen MR) is 196 cm³/mol. The normalized spacial score (nSPS) is 11.6. The van der Waals surface area contributed by atoms with Crippen molar-refractivity contribution in [1.29, 1.82) is 0 Å². The second-order valence-corrected chi connectivity index (χ2v) is 15.7. The minimum atomic E-state index is -2.70. The summed E-state index contributed by atoms with van der Waals surface area (Å²) in [6.07, 6.45) is 0. The summed E-state index contributed by atoms with van der Waals surface area (Å²) in [6.45, 7) is 2.09. The smallest absolute Gasteiger partial charge is 0.179 e. The van der Waals surface area contributed by atoms with Gasteiger partial charge in [-0.05, 0) is 76.2 Å². The van der Waals surface area contributed by atoms with Crippen LogP contribution in [0.5, 0.6) is 11.5 Å². The van der Waals surface area contributed by atoms with Gasteiger partial charge >= 0.3 is 0 Å². The third-order valence-electron chi connectivity index (χ3n) is 9.06. The summed E-state index contributed by atoms with van der Waals surface area (Å²) < 4.78 is 8.79. The summed E-state index contributed by atoms with van der Waals surface area (Å²) in [4.78, 5) is 0. The first-order chi connectivity index (χ1) is 22.7. The zero-order valence-corrected chi connectivity index (χ0v) is 26.7. The number of ether oxygens (including phenoxy) is 1. The van der Waals surface area contributed by atoms with Gasteiger partial charge in [-0.3, -0.25) is 0 Å². The molecule has 0 unspecified atom stereocenters. The lowest BCUT2D eigenvalue weighted by molar-refractivity contribution is 0.483. The molecule has 2 nitrogen and oxygen atoms in total. The van der Waals surface area contributed by atoms with E-state index < -0.39 is 8.07 Å². The van der Waals surface area contributed by atoms with E-state index in [2.05, 4.69) is 181 Å². The molecule has 220 valence electrons. The third-order valence-corrected chi connectivity index (χ3v) is 13.8. The summed E-state index contributed by atoms with van der Waals surface area (Å²) >= 11 is 0. The molecule has 8 aromatic rings. The van der Waals surface area contributed by atoms with Crippen molar-refractivity contribution in [1.82, 2.24) is 4.57 Å². The summed E-state index contributed by atoms with van der Waals surface area (Å²) in [6, 6.07) is 65.9. The lowest BCUT2D eigenvalue weighted by atomic mass is 10.1. The molecule has 0 atom stereocenters. The van der Waals surface area contributed by atoms with E-state index in [0.717, 1.165) is 22.7 Å². The topological polar surface area (TPSA) is 14.2 Å². The van der Waals surface area contributed by atoms with Gasteiger partial charge in [0.1, 0.15) is 11.5 Å². The summed E-state index contributed by atoms with van der Waals surface area (Å²) in [5.74, 6) is 1.66. The quantitative estimate of drug-likeness (QED) is 0.131. The van der Waals surface area contributed by atoms with Gasteiger partial charge in [-0.2, -0.15) is 0 Å². The molecule has 1 aromatic heterocycles. The van der Waals surface area contributed by atoms with Crippen molar-refractivity contribution in [2.24, 2.45) is 0 Å². The number of rotatable bonds is 7. The molecule has 3 heteroatoms. The summed E-state index contributed by atoms with van der Waals surface area (Å²) in [7, 11) is -2.70. The predicted octanol–water partition coefficient (Wildman–Crippen LogP) is 8.26. The first-order valence-corrected chi connectivity index (χ1v) is 17.8. The molecule has 0 radical (unpaired) electrons. The molecular weight excluding hydrogens is 575 g/mol. The minimum absolute atomic E-state index is 0.826. The second-order valence-electron chi connectivity index (χ2n) is 11.8. The van der Waals surface area contributed by atoms with Crippen molar-refractivity contribution in [2.45, 2.75) is 6.92 Å². The molecule has 7 aromatic carbocycles. The second kappa shape index (κ2) is 11.7. The van der Waals surface area contributed by atoms with Crippen LogP contribution >= 0.6 is 0 Å². The maximum atomic E-state index is 6.41. The fourth-order valence-corrected chi connectivity index (χ4v) is 11.7. The zero-order valence-electron chi connectivity index (χ0n) is 25.7. The SMILES string of the molecule is Cc1ccc(Oc2ccc3c(c2)c2cc([Si](c4ccccc4)(c4ccccc4)c4ccccc4)ccc2n3-c2ccccc2)cc1. The summed E-state index contributed by atoms with van der Waals surface area (Å²) in [5, 5.41) is 7.82. The average molecular weight is 608 g/mol. The maximum absolute atomic E-state index is 6.41. The van der Waals surface area contributed by atoms with E-state index in [9.17, 15) is 0 Å². The first kappa shape index (κ1) is 27.9. The minimum Gasteiger partial charge on any atom is -0.457 e. The Morgan fingerprint density at radius 1 is 0.413 bits per heavy atom. The standard InChI is InChI=1S/C43H33NOSi/c1-32-22-24-34(25-23-32)45-35-26-28-42-40(30-35)41-31-39(27-29-43(41)44(42)33-14-6-2-7-15-33)46(36-16-8-3-9-17-36,37-18-10-4-11-19-37)38-20-12-5-13-21-38/h2-31H,1H3.